The van der Waals surface area contributed by atoms with Crippen molar-refractivity contribution in [3.05, 3.63) is 65.6 Å². The molecule has 222 valence electrons. The number of carbonyl (C=O) groups excluding carboxylic acids is 1. The SMILES string of the molecule is CC(C)(c1ncc(-c2ccc(Cl)cc2)o1)N1CCN(C[C@@H]2CC(Cc3cc4cnc[c]([Sn]([CH3])([CH3])[CH3])c4o3)C(=O)O2)CC1. The molecule has 0 bridgehead atoms. The van der Waals surface area contributed by atoms with Gasteiger partial charge < -0.3 is 4.42 Å². The minimum absolute atomic E-state index is 0.0943. The molecule has 4 aromatic rings. The van der Waals surface area contributed by atoms with E-state index in [1.807, 2.05) is 36.7 Å². The average molecular weight is 698 g/mol. The van der Waals surface area contributed by atoms with Crippen LogP contribution in [0.1, 0.15) is 31.9 Å². The molecule has 2 saturated heterocycles. The third-order valence-corrected chi connectivity index (χ3v) is 14.6. The Morgan fingerprint density at radius 3 is 2.48 bits per heavy atom. The summed E-state index contributed by atoms with van der Waals surface area (Å²) in [5, 5.41) is 1.73. The van der Waals surface area contributed by atoms with Gasteiger partial charge in [-0.15, -0.1) is 0 Å². The number of esters is 1. The third kappa shape index (κ3) is 6.14. The number of furan rings is 1. The van der Waals surface area contributed by atoms with E-state index in [0.29, 0.717) is 17.3 Å². The number of carbonyl (C=O) groups is 1. The first kappa shape index (κ1) is 29.7. The van der Waals surface area contributed by atoms with Crippen molar-refractivity contribution in [3.8, 4) is 11.3 Å². The van der Waals surface area contributed by atoms with Crippen molar-refractivity contribution in [2.24, 2.45) is 5.92 Å². The molecule has 0 radical (unpaired) electrons. The van der Waals surface area contributed by atoms with E-state index in [9.17, 15) is 4.79 Å². The molecule has 1 unspecified atom stereocenters. The third-order valence-electron chi connectivity index (χ3n) is 8.68. The molecule has 0 spiro atoms. The standard InChI is InChI=1S/C29H30ClN4O4.3CH3.Sn/c1-29(2,28-32-17-26(38-28)19-3-5-22(30)6-4-19)34-11-9-33(10-12-34)18-24-14-20(27(35)37-24)13-23-15-21-16-31-8-7-25(21)36-23;;;;/h3-6,8,15-17,20,24H,9-14,18H2,1-2H3;3*1H3;/t20?,24-;;;;/m0..../s1. The van der Waals surface area contributed by atoms with Crippen molar-refractivity contribution < 1.29 is 18.4 Å². The number of pyridine rings is 1. The van der Waals surface area contributed by atoms with Gasteiger partial charge in [-0.3, -0.25) is 4.90 Å². The second kappa shape index (κ2) is 11.6. The van der Waals surface area contributed by atoms with Gasteiger partial charge in [0, 0.05) is 10.6 Å². The van der Waals surface area contributed by atoms with Crippen molar-refractivity contribution in [3.63, 3.8) is 0 Å². The van der Waals surface area contributed by atoms with Gasteiger partial charge in [-0.25, -0.2) is 4.98 Å². The number of oxazole rings is 1. The van der Waals surface area contributed by atoms with Crippen LogP contribution in [0.15, 0.2) is 57.8 Å². The molecule has 0 saturated carbocycles. The number of hydrogen-bond donors (Lipinski definition) is 0. The Balaban J connectivity index is 1.03. The van der Waals surface area contributed by atoms with Gasteiger partial charge in [0.2, 0.25) is 5.89 Å². The Morgan fingerprint density at radius 1 is 1.02 bits per heavy atom. The van der Waals surface area contributed by atoms with Gasteiger partial charge in [0.25, 0.3) is 0 Å². The number of cyclic esters (lactones) is 1. The zero-order chi connectivity index (χ0) is 29.6. The van der Waals surface area contributed by atoms with E-state index in [1.54, 1.807) is 6.20 Å². The summed E-state index contributed by atoms with van der Waals surface area (Å²) in [4.78, 5) is 33.8. The molecule has 1 aromatic carbocycles. The molecular formula is C32H39ClN4O4Sn. The summed E-state index contributed by atoms with van der Waals surface area (Å²) in [5.41, 5.74) is 1.57. The normalized spacial score (nSPS) is 20.9. The number of piperazine rings is 1. The van der Waals surface area contributed by atoms with Crippen LogP contribution in [0.5, 0.6) is 0 Å². The summed E-state index contributed by atoms with van der Waals surface area (Å²) < 4.78 is 19.6. The first-order valence-electron chi connectivity index (χ1n) is 14.7. The van der Waals surface area contributed by atoms with Gasteiger partial charge in [-0.2, -0.15) is 0 Å². The number of benzene rings is 1. The van der Waals surface area contributed by atoms with Crippen molar-refractivity contribution in [1.29, 1.82) is 0 Å². The molecule has 0 aliphatic carbocycles. The molecule has 2 atom stereocenters. The molecule has 10 heteroatoms. The number of rotatable bonds is 8. The van der Waals surface area contributed by atoms with E-state index in [1.165, 1.54) is 3.58 Å². The van der Waals surface area contributed by atoms with E-state index >= 15 is 0 Å². The van der Waals surface area contributed by atoms with E-state index in [2.05, 4.69) is 54.5 Å². The number of ether oxygens (including phenoxy) is 1. The molecule has 8 nitrogen and oxygen atoms in total. The van der Waals surface area contributed by atoms with Crippen molar-refractivity contribution in [2.45, 2.75) is 53.2 Å². The number of hydrogen-bond acceptors (Lipinski definition) is 8. The summed E-state index contributed by atoms with van der Waals surface area (Å²) in [6.07, 6.45) is 6.81. The van der Waals surface area contributed by atoms with Crippen LogP contribution in [0.4, 0.5) is 0 Å². The van der Waals surface area contributed by atoms with Gasteiger partial charge in [0.05, 0.1) is 11.7 Å². The number of aromatic nitrogens is 2. The van der Waals surface area contributed by atoms with Gasteiger partial charge in [0.15, 0.2) is 5.76 Å². The topological polar surface area (TPSA) is 84.8 Å². The van der Waals surface area contributed by atoms with Crippen LogP contribution < -0.4 is 3.58 Å². The van der Waals surface area contributed by atoms with Crippen LogP contribution in [-0.2, 0) is 21.5 Å². The van der Waals surface area contributed by atoms with Crippen LogP contribution in [0.2, 0.25) is 19.8 Å². The number of halogens is 1. The van der Waals surface area contributed by atoms with E-state index in [0.717, 1.165) is 67.2 Å². The summed E-state index contributed by atoms with van der Waals surface area (Å²) in [5.74, 6) is 1.99. The molecule has 42 heavy (non-hydrogen) atoms. The van der Waals surface area contributed by atoms with Gasteiger partial charge >= 0.3 is 159 Å². The first-order chi connectivity index (χ1) is 20.0. The van der Waals surface area contributed by atoms with Gasteiger partial charge in [-0.1, -0.05) is 11.6 Å². The summed E-state index contributed by atoms with van der Waals surface area (Å²) >= 11 is 3.66. The molecule has 3 aromatic heterocycles. The summed E-state index contributed by atoms with van der Waals surface area (Å²) in [6, 6.07) is 9.65. The van der Waals surface area contributed by atoms with E-state index < -0.39 is 18.4 Å². The molecule has 5 heterocycles. The zero-order valence-corrected chi connectivity index (χ0v) is 28.6. The molecule has 6 rings (SSSR count). The Kier molecular flexibility index (Phi) is 8.19. The van der Waals surface area contributed by atoms with Crippen LogP contribution in [0.25, 0.3) is 22.3 Å². The van der Waals surface area contributed by atoms with Crippen LogP contribution >= 0.6 is 11.6 Å². The zero-order valence-electron chi connectivity index (χ0n) is 25.0. The maximum atomic E-state index is 12.8. The Bertz CT molecular complexity index is 1570. The van der Waals surface area contributed by atoms with E-state index in [4.69, 9.17) is 25.2 Å². The van der Waals surface area contributed by atoms with Crippen LogP contribution in [-0.4, -0.2) is 82.9 Å². The number of nitrogens with zero attached hydrogens (tertiary/aromatic N) is 4. The molecule has 0 N–H and O–H groups in total. The predicted molar refractivity (Wildman–Crippen MR) is 167 cm³/mol. The second-order valence-corrected chi connectivity index (χ2v) is 28.0. The molecule has 2 fully saturated rings. The molecule has 2 aliphatic rings. The van der Waals surface area contributed by atoms with Gasteiger partial charge in [0.1, 0.15) is 0 Å². The summed E-state index contributed by atoms with van der Waals surface area (Å²) in [6.45, 7) is 8.61. The fraction of sp³-hybridized carbons (Fsp3) is 0.469. The van der Waals surface area contributed by atoms with Crippen molar-refractivity contribution in [1.82, 2.24) is 19.8 Å². The fourth-order valence-electron chi connectivity index (χ4n) is 6.11. The molecular weight excluding hydrogens is 659 g/mol. The minimum atomic E-state index is -2.38. The number of fused-ring (bicyclic) bond motifs is 1. The monoisotopic (exact) mass is 698 g/mol. The Hall–Kier alpha value is -2.40. The molecule has 0 amide bonds. The fourth-order valence-corrected chi connectivity index (χ4v) is 10.1. The van der Waals surface area contributed by atoms with E-state index in [-0.39, 0.29) is 23.5 Å². The van der Waals surface area contributed by atoms with Crippen LogP contribution in [0, 0.1) is 5.92 Å². The first-order valence-corrected chi connectivity index (χ1v) is 25.1. The van der Waals surface area contributed by atoms with Crippen LogP contribution in [0.3, 0.4) is 0 Å². The Morgan fingerprint density at radius 2 is 1.76 bits per heavy atom. The second-order valence-electron chi connectivity index (χ2n) is 13.1. The quantitative estimate of drug-likeness (QED) is 0.171. The maximum absolute atomic E-state index is 12.8. The average Bonchev–Trinajstić information content (AvgIpc) is 3.68. The summed E-state index contributed by atoms with van der Waals surface area (Å²) in [7, 11) is 0. The van der Waals surface area contributed by atoms with Crippen molar-refractivity contribution in [2.75, 3.05) is 32.7 Å². The van der Waals surface area contributed by atoms with Crippen molar-refractivity contribution >= 4 is 50.5 Å². The molecule has 2 aliphatic heterocycles. The van der Waals surface area contributed by atoms with Gasteiger partial charge in [-0.05, 0) is 38.1 Å². The predicted octanol–water partition coefficient (Wildman–Crippen LogP) is 5.71. The Labute approximate surface area is 256 Å².